The van der Waals surface area contributed by atoms with Crippen molar-refractivity contribution >= 4 is 39.6 Å². The Morgan fingerprint density at radius 1 is 1.35 bits per heavy atom. The number of hydrogen-bond acceptors (Lipinski definition) is 3. The molecule has 0 bridgehead atoms. The first-order chi connectivity index (χ1) is 8.15. The standard InChI is InChI=1S/C12H12BrNO3/c1-17-12(16)7-4-9-2-5-10(6-3-9)14-11(15)8-13/h2-7H,8H2,1H3,(H,14,15)/b7-4+. The van der Waals surface area contributed by atoms with Gasteiger partial charge < -0.3 is 10.1 Å². The van der Waals surface area contributed by atoms with E-state index in [1.54, 1.807) is 30.3 Å². The lowest BCUT2D eigenvalue weighted by atomic mass is 10.2. The number of amides is 1. The summed E-state index contributed by atoms with van der Waals surface area (Å²) in [5.74, 6) is -0.510. The minimum atomic E-state index is -0.401. The molecular formula is C12H12BrNO3. The Balaban J connectivity index is 2.65. The SMILES string of the molecule is COC(=O)/C=C/c1ccc(NC(=O)CBr)cc1. The molecule has 17 heavy (non-hydrogen) atoms. The van der Waals surface area contributed by atoms with Crippen LogP contribution in [0.4, 0.5) is 5.69 Å². The van der Waals surface area contributed by atoms with E-state index in [4.69, 9.17) is 0 Å². The number of hydrogen-bond donors (Lipinski definition) is 1. The summed E-state index contributed by atoms with van der Waals surface area (Å²) in [6.07, 6.45) is 2.98. The average Bonchev–Trinajstić information content (AvgIpc) is 2.37. The van der Waals surface area contributed by atoms with Crippen LogP contribution in [0.2, 0.25) is 0 Å². The fourth-order valence-corrected chi connectivity index (χ4v) is 1.24. The largest absolute Gasteiger partial charge is 0.466 e. The van der Waals surface area contributed by atoms with E-state index in [2.05, 4.69) is 26.0 Å². The van der Waals surface area contributed by atoms with Crippen molar-refractivity contribution in [1.29, 1.82) is 0 Å². The second-order valence-corrected chi connectivity index (χ2v) is 3.72. The van der Waals surface area contributed by atoms with Crippen molar-refractivity contribution in [3.05, 3.63) is 35.9 Å². The molecule has 1 amide bonds. The molecule has 0 aliphatic carbocycles. The molecule has 0 heterocycles. The number of esters is 1. The average molecular weight is 298 g/mol. The number of benzene rings is 1. The normalized spacial score (nSPS) is 10.2. The Labute approximate surface area is 108 Å². The number of alkyl halides is 1. The van der Waals surface area contributed by atoms with Gasteiger partial charge in [-0.2, -0.15) is 0 Å². The summed E-state index contributed by atoms with van der Waals surface area (Å²) < 4.78 is 4.47. The van der Waals surface area contributed by atoms with Crippen LogP contribution in [0.5, 0.6) is 0 Å². The van der Waals surface area contributed by atoms with E-state index in [-0.39, 0.29) is 11.2 Å². The van der Waals surface area contributed by atoms with Crippen molar-refractivity contribution in [3.8, 4) is 0 Å². The molecule has 0 aliphatic heterocycles. The van der Waals surface area contributed by atoms with Crippen LogP contribution < -0.4 is 5.32 Å². The van der Waals surface area contributed by atoms with Crippen LogP contribution in [0.1, 0.15) is 5.56 Å². The van der Waals surface area contributed by atoms with E-state index in [0.717, 1.165) is 5.56 Å². The number of halogens is 1. The van der Waals surface area contributed by atoms with Gasteiger partial charge in [-0.25, -0.2) is 4.79 Å². The number of anilines is 1. The fourth-order valence-electron chi connectivity index (χ4n) is 1.10. The molecule has 1 aromatic rings. The van der Waals surface area contributed by atoms with E-state index in [1.807, 2.05) is 0 Å². The number of carbonyl (C=O) groups excluding carboxylic acids is 2. The molecular weight excluding hydrogens is 286 g/mol. The van der Waals surface area contributed by atoms with Crippen LogP contribution in [-0.4, -0.2) is 24.3 Å². The number of carbonyl (C=O) groups is 2. The topological polar surface area (TPSA) is 55.4 Å². The minimum absolute atomic E-state index is 0.108. The number of rotatable bonds is 4. The molecule has 1 rings (SSSR count). The summed E-state index contributed by atoms with van der Waals surface area (Å²) in [5.41, 5.74) is 1.57. The first-order valence-corrected chi connectivity index (χ1v) is 5.99. The van der Waals surface area contributed by atoms with E-state index < -0.39 is 5.97 Å². The lowest BCUT2D eigenvalue weighted by Gasteiger charge is -2.02. The Hall–Kier alpha value is -1.62. The Morgan fingerprint density at radius 2 is 2.00 bits per heavy atom. The molecule has 0 aliphatic rings. The van der Waals surface area contributed by atoms with Crippen molar-refractivity contribution < 1.29 is 14.3 Å². The molecule has 1 aromatic carbocycles. The van der Waals surface area contributed by atoms with Crippen LogP contribution in [0, 0.1) is 0 Å². The first-order valence-electron chi connectivity index (χ1n) is 4.87. The summed E-state index contributed by atoms with van der Waals surface area (Å²) in [5, 5.41) is 2.95. The smallest absolute Gasteiger partial charge is 0.330 e. The van der Waals surface area contributed by atoms with Crippen molar-refractivity contribution in [2.24, 2.45) is 0 Å². The highest BCUT2D eigenvalue weighted by molar-refractivity contribution is 9.09. The lowest BCUT2D eigenvalue weighted by molar-refractivity contribution is -0.134. The van der Waals surface area contributed by atoms with E-state index >= 15 is 0 Å². The molecule has 0 spiro atoms. The molecule has 0 fully saturated rings. The monoisotopic (exact) mass is 297 g/mol. The maximum absolute atomic E-state index is 11.1. The van der Waals surface area contributed by atoms with Gasteiger partial charge in [-0.1, -0.05) is 28.1 Å². The highest BCUT2D eigenvalue weighted by atomic mass is 79.9. The fraction of sp³-hybridized carbons (Fsp3) is 0.167. The van der Waals surface area contributed by atoms with Crippen LogP contribution in [-0.2, 0) is 14.3 Å². The van der Waals surface area contributed by atoms with Crippen LogP contribution in [0.25, 0.3) is 6.08 Å². The maximum atomic E-state index is 11.1. The summed E-state index contributed by atoms with van der Waals surface area (Å²) in [4.78, 5) is 22.0. The molecule has 0 unspecified atom stereocenters. The maximum Gasteiger partial charge on any atom is 0.330 e. The van der Waals surface area contributed by atoms with Crippen LogP contribution >= 0.6 is 15.9 Å². The predicted molar refractivity (Wildman–Crippen MR) is 69.9 cm³/mol. The second-order valence-electron chi connectivity index (χ2n) is 3.16. The van der Waals surface area contributed by atoms with Gasteiger partial charge in [0, 0.05) is 11.8 Å². The van der Waals surface area contributed by atoms with E-state index in [9.17, 15) is 9.59 Å². The van der Waals surface area contributed by atoms with E-state index in [0.29, 0.717) is 5.69 Å². The van der Waals surface area contributed by atoms with Crippen molar-refractivity contribution in [2.45, 2.75) is 0 Å². The second kappa shape index (κ2) is 6.85. The van der Waals surface area contributed by atoms with Crippen molar-refractivity contribution in [1.82, 2.24) is 0 Å². The molecule has 0 radical (unpaired) electrons. The number of nitrogens with one attached hydrogen (secondary N) is 1. The molecule has 1 N–H and O–H groups in total. The van der Waals surface area contributed by atoms with Gasteiger partial charge in [-0.3, -0.25) is 4.79 Å². The lowest BCUT2D eigenvalue weighted by Crippen LogP contribution is -2.11. The van der Waals surface area contributed by atoms with Crippen molar-refractivity contribution in [2.75, 3.05) is 17.8 Å². The Kier molecular flexibility index (Phi) is 5.42. The highest BCUT2D eigenvalue weighted by Gasteiger charge is 1.98. The molecule has 4 nitrogen and oxygen atoms in total. The third-order valence-corrected chi connectivity index (χ3v) is 2.44. The molecule has 0 saturated heterocycles. The highest BCUT2D eigenvalue weighted by Crippen LogP contribution is 2.11. The Morgan fingerprint density at radius 3 is 2.53 bits per heavy atom. The first kappa shape index (κ1) is 13.4. The zero-order valence-electron chi connectivity index (χ0n) is 9.27. The van der Waals surface area contributed by atoms with Gasteiger partial charge in [0.25, 0.3) is 0 Å². The molecule has 0 atom stereocenters. The summed E-state index contributed by atoms with van der Waals surface area (Å²) >= 11 is 3.06. The Bertz CT molecular complexity index is 426. The van der Waals surface area contributed by atoms with Crippen LogP contribution in [0.15, 0.2) is 30.3 Å². The summed E-state index contributed by atoms with van der Waals surface area (Å²) in [6.45, 7) is 0. The zero-order valence-corrected chi connectivity index (χ0v) is 10.9. The van der Waals surface area contributed by atoms with Gasteiger partial charge in [-0.15, -0.1) is 0 Å². The molecule has 0 saturated carbocycles. The van der Waals surface area contributed by atoms with Crippen molar-refractivity contribution in [3.63, 3.8) is 0 Å². The number of methoxy groups -OCH3 is 1. The zero-order chi connectivity index (χ0) is 12.7. The summed E-state index contributed by atoms with van der Waals surface area (Å²) in [7, 11) is 1.32. The number of ether oxygens (including phenoxy) is 1. The molecule has 90 valence electrons. The quantitative estimate of drug-likeness (QED) is 0.527. The molecule has 5 heteroatoms. The predicted octanol–water partition coefficient (Wildman–Crippen LogP) is 2.21. The summed E-state index contributed by atoms with van der Waals surface area (Å²) in [6, 6.07) is 7.11. The van der Waals surface area contributed by atoms with Crippen LogP contribution in [0.3, 0.4) is 0 Å². The van der Waals surface area contributed by atoms with Gasteiger partial charge in [0.15, 0.2) is 0 Å². The minimum Gasteiger partial charge on any atom is -0.466 e. The van der Waals surface area contributed by atoms with Gasteiger partial charge in [0.1, 0.15) is 0 Å². The third kappa shape index (κ3) is 4.82. The molecule has 0 aromatic heterocycles. The van der Waals surface area contributed by atoms with Gasteiger partial charge in [-0.05, 0) is 23.8 Å². The van der Waals surface area contributed by atoms with Gasteiger partial charge >= 0.3 is 5.97 Å². The van der Waals surface area contributed by atoms with Gasteiger partial charge in [0.2, 0.25) is 5.91 Å². The van der Waals surface area contributed by atoms with E-state index in [1.165, 1.54) is 13.2 Å². The third-order valence-electron chi connectivity index (χ3n) is 1.93. The van der Waals surface area contributed by atoms with Gasteiger partial charge in [0.05, 0.1) is 12.4 Å².